The van der Waals surface area contributed by atoms with Crippen molar-refractivity contribution in [2.24, 2.45) is 16.5 Å². The van der Waals surface area contributed by atoms with E-state index in [-0.39, 0.29) is 5.82 Å². The van der Waals surface area contributed by atoms with Gasteiger partial charge in [-0.3, -0.25) is 0 Å². The normalized spacial score (nSPS) is 12.2. The third-order valence-electron chi connectivity index (χ3n) is 3.70. The van der Waals surface area contributed by atoms with Crippen LogP contribution in [0.3, 0.4) is 0 Å². The lowest BCUT2D eigenvalue weighted by Crippen LogP contribution is -2.14. The van der Waals surface area contributed by atoms with Crippen molar-refractivity contribution in [1.29, 1.82) is 0 Å². The molecule has 0 bridgehead atoms. The Labute approximate surface area is 166 Å². The molecule has 2 rings (SSSR count). The maximum absolute atomic E-state index is 6.14. The first-order chi connectivity index (χ1) is 13.3. The second-order valence-electron chi connectivity index (χ2n) is 6.67. The molecule has 6 N–H and O–H groups in total. The summed E-state index contributed by atoms with van der Waals surface area (Å²) in [6.07, 6.45) is 1.61. The molecular formula is C22H26N6. The lowest BCUT2D eigenvalue weighted by Gasteiger charge is -2.13. The number of rotatable bonds is 5. The van der Waals surface area contributed by atoms with Crippen molar-refractivity contribution in [2.45, 2.75) is 13.5 Å². The molecule has 0 atom stereocenters. The van der Waals surface area contributed by atoms with E-state index >= 15 is 0 Å². The van der Waals surface area contributed by atoms with Crippen molar-refractivity contribution < 1.29 is 0 Å². The average Bonchev–Trinajstić information content (AvgIpc) is 2.61. The van der Waals surface area contributed by atoms with Crippen molar-refractivity contribution in [1.82, 2.24) is 9.88 Å². The molecule has 28 heavy (non-hydrogen) atoms. The molecule has 2 aromatic rings. The number of allylic oxidation sites excluding steroid dienone is 2. The zero-order valence-corrected chi connectivity index (χ0v) is 16.5. The van der Waals surface area contributed by atoms with Crippen LogP contribution in [0.5, 0.6) is 0 Å². The number of nitrogens with zero attached hydrogens (tertiary/aromatic N) is 3. The summed E-state index contributed by atoms with van der Waals surface area (Å²) in [6.45, 7) is 6.29. The summed E-state index contributed by atoms with van der Waals surface area (Å²) >= 11 is 0. The van der Waals surface area contributed by atoms with Gasteiger partial charge in [0.2, 0.25) is 0 Å². The molecular weight excluding hydrogens is 348 g/mol. The Kier molecular flexibility index (Phi) is 6.96. The number of benzene rings is 1. The van der Waals surface area contributed by atoms with E-state index in [9.17, 15) is 0 Å². The zero-order chi connectivity index (χ0) is 20.7. The van der Waals surface area contributed by atoms with E-state index in [1.807, 2.05) is 26.2 Å². The Morgan fingerprint density at radius 2 is 1.96 bits per heavy atom. The van der Waals surface area contributed by atoms with E-state index in [1.165, 1.54) is 0 Å². The van der Waals surface area contributed by atoms with E-state index in [0.29, 0.717) is 22.8 Å². The first kappa shape index (κ1) is 20.7. The van der Waals surface area contributed by atoms with Crippen molar-refractivity contribution in [3.05, 3.63) is 83.0 Å². The molecule has 0 aliphatic rings. The largest absolute Gasteiger partial charge is 0.401 e. The number of aliphatic imine (C=N–C) groups is 1. The molecule has 0 saturated heterocycles. The highest BCUT2D eigenvalue weighted by Gasteiger charge is 2.12. The maximum Gasteiger partial charge on any atom is 0.123 e. The van der Waals surface area contributed by atoms with Crippen LogP contribution in [0.4, 0.5) is 5.82 Å². The van der Waals surface area contributed by atoms with Gasteiger partial charge in [-0.25, -0.2) is 9.98 Å². The molecule has 0 saturated carbocycles. The molecule has 0 aliphatic heterocycles. The maximum atomic E-state index is 6.14. The van der Waals surface area contributed by atoms with Gasteiger partial charge < -0.3 is 22.1 Å². The van der Waals surface area contributed by atoms with Crippen LogP contribution in [-0.2, 0) is 6.54 Å². The molecule has 1 aromatic heterocycles. The number of nitrogen functional groups attached to an aromatic ring is 1. The zero-order valence-electron chi connectivity index (χ0n) is 16.5. The Morgan fingerprint density at radius 3 is 2.54 bits per heavy atom. The first-order valence-electron chi connectivity index (χ1n) is 8.73. The van der Waals surface area contributed by atoms with Gasteiger partial charge in [0.15, 0.2) is 0 Å². The van der Waals surface area contributed by atoms with Gasteiger partial charge in [-0.05, 0) is 44.8 Å². The van der Waals surface area contributed by atoms with Crippen LogP contribution in [0.25, 0.3) is 0 Å². The molecule has 144 valence electrons. The van der Waals surface area contributed by atoms with Gasteiger partial charge in [0.05, 0.1) is 11.3 Å². The van der Waals surface area contributed by atoms with E-state index in [2.05, 4.69) is 45.4 Å². The standard InChI is InChI=1S/C22H26N6/c1-15(23)20(10-8-17-9-11-21(25)26-13-17)22(27-16(2)24)19-7-5-6-18(12-19)14-28(3)4/h5-7,9,11-13H,2,14,23-24H2,1,3-4H3,(H2,25,26)/b20-15-,27-22?. The molecule has 6 nitrogen and oxygen atoms in total. The van der Waals surface area contributed by atoms with Crippen LogP contribution in [0.2, 0.25) is 0 Å². The summed E-state index contributed by atoms with van der Waals surface area (Å²) in [5, 5.41) is 0. The van der Waals surface area contributed by atoms with Crippen LogP contribution in [-0.4, -0.2) is 29.7 Å². The summed E-state index contributed by atoms with van der Waals surface area (Å²) in [5.41, 5.74) is 22.0. The minimum Gasteiger partial charge on any atom is -0.401 e. The Hall–Kier alpha value is -3.56. The first-order valence-corrected chi connectivity index (χ1v) is 8.73. The number of aromatic nitrogens is 1. The van der Waals surface area contributed by atoms with Crippen LogP contribution in [0, 0.1) is 11.8 Å². The van der Waals surface area contributed by atoms with E-state index in [4.69, 9.17) is 17.2 Å². The van der Waals surface area contributed by atoms with Crippen LogP contribution >= 0.6 is 0 Å². The smallest absolute Gasteiger partial charge is 0.123 e. The van der Waals surface area contributed by atoms with Crippen LogP contribution in [0.15, 0.2) is 71.3 Å². The highest BCUT2D eigenvalue weighted by atomic mass is 15.0. The molecule has 0 fully saturated rings. The third-order valence-corrected chi connectivity index (χ3v) is 3.70. The number of anilines is 1. The molecule has 0 radical (unpaired) electrons. The summed E-state index contributed by atoms with van der Waals surface area (Å²) in [5.74, 6) is 6.79. The Balaban J connectivity index is 2.53. The van der Waals surface area contributed by atoms with E-state index < -0.39 is 0 Å². The van der Waals surface area contributed by atoms with Gasteiger partial charge in [0.25, 0.3) is 0 Å². The molecule has 0 spiro atoms. The van der Waals surface area contributed by atoms with Gasteiger partial charge in [-0.15, -0.1) is 0 Å². The molecule has 1 heterocycles. The summed E-state index contributed by atoms with van der Waals surface area (Å²) in [4.78, 5) is 10.6. The Morgan fingerprint density at radius 1 is 1.21 bits per heavy atom. The van der Waals surface area contributed by atoms with Gasteiger partial charge in [-0.1, -0.05) is 36.6 Å². The summed E-state index contributed by atoms with van der Waals surface area (Å²) < 4.78 is 0. The second-order valence-corrected chi connectivity index (χ2v) is 6.67. The van der Waals surface area contributed by atoms with Gasteiger partial charge in [0, 0.05) is 29.6 Å². The van der Waals surface area contributed by atoms with Crippen molar-refractivity contribution >= 4 is 11.5 Å². The van der Waals surface area contributed by atoms with Crippen molar-refractivity contribution in [2.75, 3.05) is 19.8 Å². The van der Waals surface area contributed by atoms with Gasteiger partial charge >= 0.3 is 0 Å². The fourth-order valence-electron chi connectivity index (χ4n) is 2.55. The lowest BCUT2D eigenvalue weighted by molar-refractivity contribution is 0.402. The van der Waals surface area contributed by atoms with E-state index in [0.717, 1.165) is 23.2 Å². The van der Waals surface area contributed by atoms with Gasteiger partial charge in [0.1, 0.15) is 11.6 Å². The Bertz CT molecular complexity index is 968. The SMILES string of the molecule is C=C(N)N=C(/C(C#Cc1ccc(N)nc1)=C(/C)N)c1cccc(CN(C)C)c1. The number of hydrogen-bond donors (Lipinski definition) is 3. The minimum absolute atomic E-state index is 0.183. The number of pyridine rings is 1. The van der Waals surface area contributed by atoms with Crippen LogP contribution in [0.1, 0.15) is 23.6 Å². The number of hydrogen-bond acceptors (Lipinski definition) is 6. The topological polar surface area (TPSA) is 107 Å². The number of nitrogens with two attached hydrogens (primary N) is 3. The second kappa shape index (κ2) is 9.40. The van der Waals surface area contributed by atoms with Gasteiger partial charge in [-0.2, -0.15) is 0 Å². The molecule has 0 unspecified atom stereocenters. The lowest BCUT2D eigenvalue weighted by atomic mass is 9.98. The molecule has 0 aliphatic carbocycles. The summed E-state index contributed by atoms with van der Waals surface area (Å²) in [7, 11) is 4.04. The summed E-state index contributed by atoms with van der Waals surface area (Å²) in [6, 6.07) is 11.5. The highest BCUT2D eigenvalue weighted by molar-refractivity contribution is 6.16. The molecule has 0 amide bonds. The molecule has 6 heteroatoms. The van der Waals surface area contributed by atoms with Crippen molar-refractivity contribution in [3.8, 4) is 11.8 Å². The predicted octanol–water partition coefficient (Wildman–Crippen LogP) is 2.23. The van der Waals surface area contributed by atoms with E-state index in [1.54, 1.807) is 25.3 Å². The monoisotopic (exact) mass is 374 g/mol. The highest BCUT2D eigenvalue weighted by Crippen LogP contribution is 2.16. The third kappa shape index (κ3) is 6.01. The quantitative estimate of drug-likeness (QED) is 0.550. The average molecular weight is 374 g/mol. The minimum atomic E-state index is 0.183. The predicted molar refractivity (Wildman–Crippen MR) is 116 cm³/mol. The fourth-order valence-corrected chi connectivity index (χ4v) is 2.55. The van der Waals surface area contributed by atoms with Crippen molar-refractivity contribution in [3.63, 3.8) is 0 Å². The van der Waals surface area contributed by atoms with Crippen LogP contribution < -0.4 is 17.2 Å². The molecule has 1 aromatic carbocycles. The fraction of sp³-hybridized carbons (Fsp3) is 0.182.